The van der Waals surface area contributed by atoms with E-state index in [1.807, 2.05) is 27.7 Å². The van der Waals surface area contributed by atoms with Crippen LogP contribution in [0.5, 0.6) is 0 Å². The quantitative estimate of drug-likeness (QED) is 0.312. The third-order valence-electron chi connectivity index (χ3n) is 3.89. The van der Waals surface area contributed by atoms with Gasteiger partial charge in [0.1, 0.15) is 0 Å². The summed E-state index contributed by atoms with van der Waals surface area (Å²) in [5, 5.41) is 30.9. The van der Waals surface area contributed by atoms with Crippen LogP contribution in [-0.4, -0.2) is 46.0 Å². The molecule has 0 fully saturated rings. The summed E-state index contributed by atoms with van der Waals surface area (Å²) in [6, 6.07) is 0. The zero-order valence-corrected chi connectivity index (χ0v) is 13.8. The Morgan fingerprint density at radius 3 is 1.45 bits per heavy atom. The number of nitrogens with zero attached hydrogens (tertiary/aromatic N) is 2. The average Bonchev–Trinajstić information content (AvgIpc) is 2.40. The Balaban J connectivity index is 4.30. The van der Waals surface area contributed by atoms with Crippen molar-refractivity contribution in [3.05, 3.63) is 0 Å². The SMILES string of the molecule is CC(=NO)C(C)(C)NCC(C)CNC(C)(C)C(C)=NO. The first-order chi connectivity index (χ1) is 9.06. The molecule has 0 aromatic carbocycles. The van der Waals surface area contributed by atoms with Crippen molar-refractivity contribution in [2.24, 2.45) is 16.2 Å². The number of hydrogen-bond donors (Lipinski definition) is 4. The van der Waals surface area contributed by atoms with Gasteiger partial charge >= 0.3 is 0 Å². The fraction of sp³-hybridized carbons (Fsp3) is 0.857. The van der Waals surface area contributed by atoms with Crippen LogP contribution in [0.3, 0.4) is 0 Å². The van der Waals surface area contributed by atoms with Gasteiger partial charge in [-0.25, -0.2) is 0 Å². The van der Waals surface area contributed by atoms with E-state index >= 15 is 0 Å². The maximum Gasteiger partial charge on any atom is 0.0734 e. The van der Waals surface area contributed by atoms with Gasteiger partial charge in [-0.2, -0.15) is 0 Å². The number of nitrogens with one attached hydrogen (secondary N) is 2. The van der Waals surface area contributed by atoms with E-state index in [0.29, 0.717) is 17.3 Å². The minimum atomic E-state index is -0.332. The molecule has 6 heteroatoms. The molecule has 4 N–H and O–H groups in total. The first-order valence-corrected chi connectivity index (χ1v) is 6.95. The third-order valence-corrected chi connectivity index (χ3v) is 3.89. The summed E-state index contributed by atoms with van der Waals surface area (Å²) in [4.78, 5) is 0. The highest BCUT2D eigenvalue weighted by Crippen LogP contribution is 2.08. The van der Waals surface area contributed by atoms with E-state index in [9.17, 15) is 0 Å². The van der Waals surface area contributed by atoms with E-state index in [4.69, 9.17) is 10.4 Å². The molecule has 0 aliphatic rings. The lowest BCUT2D eigenvalue weighted by molar-refractivity contribution is 0.305. The van der Waals surface area contributed by atoms with Gasteiger partial charge in [0.25, 0.3) is 0 Å². The lowest BCUT2D eigenvalue weighted by Gasteiger charge is -2.30. The van der Waals surface area contributed by atoms with Crippen molar-refractivity contribution in [1.82, 2.24) is 10.6 Å². The van der Waals surface area contributed by atoms with Crippen LogP contribution in [0.2, 0.25) is 0 Å². The van der Waals surface area contributed by atoms with Crippen molar-refractivity contribution >= 4 is 11.4 Å². The Hall–Kier alpha value is -1.14. The molecule has 0 bridgehead atoms. The van der Waals surface area contributed by atoms with Gasteiger partial charge in [0.05, 0.1) is 22.5 Å². The Labute approximate surface area is 122 Å². The van der Waals surface area contributed by atoms with E-state index in [-0.39, 0.29) is 11.1 Å². The van der Waals surface area contributed by atoms with Gasteiger partial charge in [-0.05, 0) is 60.5 Å². The van der Waals surface area contributed by atoms with Gasteiger partial charge in [-0.1, -0.05) is 17.2 Å². The molecule has 118 valence electrons. The van der Waals surface area contributed by atoms with Crippen molar-refractivity contribution in [2.75, 3.05) is 13.1 Å². The first-order valence-electron chi connectivity index (χ1n) is 6.95. The van der Waals surface area contributed by atoms with Crippen molar-refractivity contribution in [2.45, 2.75) is 59.5 Å². The van der Waals surface area contributed by atoms with E-state index in [1.165, 1.54) is 0 Å². The highest BCUT2D eigenvalue weighted by atomic mass is 16.4. The second-order valence-electron chi connectivity index (χ2n) is 6.49. The van der Waals surface area contributed by atoms with Gasteiger partial charge in [0, 0.05) is 0 Å². The Morgan fingerprint density at radius 2 is 1.20 bits per heavy atom. The van der Waals surface area contributed by atoms with Crippen LogP contribution in [0, 0.1) is 5.92 Å². The van der Waals surface area contributed by atoms with Crippen molar-refractivity contribution in [1.29, 1.82) is 0 Å². The summed E-state index contributed by atoms with van der Waals surface area (Å²) < 4.78 is 0. The van der Waals surface area contributed by atoms with Gasteiger partial charge < -0.3 is 21.0 Å². The number of oxime groups is 2. The molecule has 0 rings (SSSR count). The molecule has 0 aliphatic carbocycles. The Morgan fingerprint density at radius 1 is 0.900 bits per heavy atom. The topological polar surface area (TPSA) is 89.2 Å². The van der Waals surface area contributed by atoms with E-state index in [0.717, 1.165) is 13.1 Å². The summed E-state index contributed by atoms with van der Waals surface area (Å²) in [7, 11) is 0. The van der Waals surface area contributed by atoms with Gasteiger partial charge in [-0.15, -0.1) is 0 Å². The minimum absolute atomic E-state index is 0.332. The Kier molecular flexibility index (Phi) is 7.16. The molecular formula is C14H30N4O2. The predicted molar refractivity (Wildman–Crippen MR) is 83.1 cm³/mol. The second kappa shape index (κ2) is 7.59. The van der Waals surface area contributed by atoms with Gasteiger partial charge in [0.2, 0.25) is 0 Å². The average molecular weight is 286 g/mol. The van der Waals surface area contributed by atoms with Crippen molar-refractivity contribution in [3.8, 4) is 0 Å². The molecule has 0 atom stereocenters. The molecule has 0 aromatic heterocycles. The standard InChI is InChI=1S/C14H30N4O2/c1-10(8-15-13(4,5)11(2)17-19)9-16-14(6,7)12(3)18-20/h10,15-16,19-20H,8-9H2,1-7H3. The van der Waals surface area contributed by atoms with Crippen LogP contribution < -0.4 is 10.6 Å². The molecule has 0 saturated carbocycles. The van der Waals surface area contributed by atoms with Crippen LogP contribution in [0.4, 0.5) is 0 Å². The van der Waals surface area contributed by atoms with Crippen molar-refractivity contribution in [3.63, 3.8) is 0 Å². The highest BCUT2D eigenvalue weighted by Gasteiger charge is 2.24. The van der Waals surface area contributed by atoms with Crippen molar-refractivity contribution < 1.29 is 10.4 Å². The molecular weight excluding hydrogens is 256 g/mol. The van der Waals surface area contributed by atoms with Gasteiger partial charge in [0.15, 0.2) is 0 Å². The zero-order valence-electron chi connectivity index (χ0n) is 13.8. The highest BCUT2D eigenvalue weighted by molar-refractivity contribution is 5.90. The van der Waals surface area contributed by atoms with Crippen LogP contribution in [0.25, 0.3) is 0 Å². The summed E-state index contributed by atoms with van der Waals surface area (Å²) in [6.45, 7) is 15.2. The van der Waals surface area contributed by atoms with Crippen LogP contribution >= 0.6 is 0 Å². The van der Waals surface area contributed by atoms with E-state index in [2.05, 4.69) is 27.9 Å². The molecule has 20 heavy (non-hydrogen) atoms. The monoisotopic (exact) mass is 286 g/mol. The van der Waals surface area contributed by atoms with Crippen LogP contribution in [0.15, 0.2) is 10.3 Å². The van der Waals surface area contributed by atoms with E-state index < -0.39 is 0 Å². The van der Waals surface area contributed by atoms with Gasteiger partial charge in [-0.3, -0.25) is 0 Å². The fourth-order valence-electron chi connectivity index (χ4n) is 1.44. The molecule has 6 nitrogen and oxygen atoms in total. The molecule has 0 saturated heterocycles. The normalized spacial score (nSPS) is 16.4. The van der Waals surface area contributed by atoms with Crippen LogP contribution in [-0.2, 0) is 0 Å². The number of hydrogen-bond acceptors (Lipinski definition) is 6. The summed E-state index contributed by atoms with van der Waals surface area (Å²) in [5.41, 5.74) is 0.643. The lowest BCUT2D eigenvalue weighted by atomic mass is 9.97. The van der Waals surface area contributed by atoms with E-state index in [1.54, 1.807) is 13.8 Å². The molecule has 0 amide bonds. The maximum absolute atomic E-state index is 8.83. The minimum Gasteiger partial charge on any atom is -0.411 e. The maximum atomic E-state index is 8.83. The second-order valence-corrected chi connectivity index (χ2v) is 6.49. The lowest BCUT2D eigenvalue weighted by Crippen LogP contribution is -2.51. The molecule has 0 aliphatic heterocycles. The molecule has 0 unspecified atom stereocenters. The third kappa shape index (κ3) is 5.88. The summed E-state index contributed by atoms with van der Waals surface area (Å²) >= 11 is 0. The number of rotatable bonds is 8. The smallest absolute Gasteiger partial charge is 0.0734 e. The van der Waals surface area contributed by atoms with Crippen LogP contribution in [0.1, 0.15) is 48.5 Å². The fourth-order valence-corrected chi connectivity index (χ4v) is 1.44. The molecule has 0 aromatic rings. The molecule has 0 heterocycles. The Bertz CT molecular complexity index is 328. The zero-order chi connectivity index (χ0) is 16.0. The summed E-state index contributed by atoms with van der Waals surface area (Å²) in [6.07, 6.45) is 0. The summed E-state index contributed by atoms with van der Waals surface area (Å²) in [5.74, 6) is 0.381. The first kappa shape index (κ1) is 18.9. The molecule has 0 radical (unpaired) electrons. The largest absolute Gasteiger partial charge is 0.411 e. The predicted octanol–water partition coefficient (Wildman–Crippen LogP) is 2.06. The molecule has 0 spiro atoms.